The number of ether oxygens (including phenoxy) is 2. The third-order valence-electron chi connectivity index (χ3n) is 2.39. The molecule has 0 aromatic heterocycles. The number of hydrogen-bond acceptors (Lipinski definition) is 2. The van der Waals surface area contributed by atoms with Gasteiger partial charge in [0.1, 0.15) is 0 Å². The van der Waals surface area contributed by atoms with Crippen molar-refractivity contribution in [3.8, 4) is 11.5 Å². The molecule has 94 valence electrons. The Kier molecular flexibility index (Phi) is 4.46. The van der Waals surface area contributed by atoms with Crippen LogP contribution in [0.4, 0.5) is 8.78 Å². The van der Waals surface area contributed by atoms with E-state index in [-0.39, 0.29) is 5.75 Å². The first-order valence-electron chi connectivity index (χ1n) is 5.13. The van der Waals surface area contributed by atoms with Crippen LogP contribution in [0.1, 0.15) is 12.8 Å². The minimum Gasteiger partial charge on any atom is -0.488 e. The van der Waals surface area contributed by atoms with Gasteiger partial charge in [0.15, 0.2) is 11.5 Å². The topological polar surface area (TPSA) is 18.5 Å². The molecule has 1 aromatic rings. The lowest BCUT2D eigenvalue weighted by Gasteiger charge is -2.14. The average molecular weight is 419 g/mol. The van der Waals surface area contributed by atoms with E-state index < -0.39 is 6.61 Å². The van der Waals surface area contributed by atoms with E-state index in [1.54, 1.807) is 6.07 Å². The highest BCUT2D eigenvalue weighted by Crippen LogP contribution is 2.39. The largest absolute Gasteiger partial charge is 0.488 e. The molecular weight excluding hydrogens is 409 g/mol. The summed E-state index contributed by atoms with van der Waals surface area (Å²) in [5.41, 5.74) is 0. The van der Waals surface area contributed by atoms with Crippen LogP contribution < -0.4 is 9.47 Å². The number of benzene rings is 1. The zero-order valence-corrected chi connectivity index (χ0v) is 12.5. The van der Waals surface area contributed by atoms with Gasteiger partial charge in [0.25, 0.3) is 0 Å². The maximum Gasteiger partial charge on any atom is 0.387 e. The summed E-state index contributed by atoms with van der Waals surface area (Å²) in [7, 11) is 0. The molecule has 1 fully saturated rings. The number of rotatable bonds is 5. The summed E-state index contributed by atoms with van der Waals surface area (Å²) in [6.07, 6.45) is 2.30. The quantitative estimate of drug-likeness (QED) is 0.658. The Morgan fingerprint density at radius 3 is 2.71 bits per heavy atom. The van der Waals surface area contributed by atoms with Gasteiger partial charge in [0.2, 0.25) is 0 Å². The van der Waals surface area contributed by atoms with Crippen LogP contribution in [0.3, 0.4) is 0 Å². The summed E-state index contributed by atoms with van der Waals surface area (Å²) in [5, 5.41) is 0. The summed E-state index contributed by atoms with van der Waals surface area (Å²) >= 11 is 5.39. The Hall–Kier alpha value is -0.110. The molecule has 1 aliphatic carbocycles. The average Bonchev–Trinajstić information content (AvgIpc) is 3.06. The molecule has 0 aliphatic heterocycles. The third kappa shape index (κ3) is 3.67. The standard InChI is InChI=1S/C11H10BrF2IO2/c12-7-3-4-8(17-11(13)14)10(9(7)15)16-5-6-1-2-6/h3-4,6,11H,1-2,5H2. The van der Waals surface area contributed by atoms with Crippen LogP contribution in [0.25, 0.3) is 0 Å². The summed E-state index contributed by atoms with van der Waals surface area (Å²) in [6, 6.07) is 3.16. The van der Waals surface area contributed by atoms with Gasteiger partial charge in [-0.1, -0.05) is 0 Å². The van der Waals surface area contributed by atoms with Gasteiger partial charge >= 0.3 is 6.61 Å². The molecule has 1 aromatic carbocycles. The fraction of sp³-hybridized carbons (Fsp3) is 0.455. The van der Waals surface area contributed by atoms with Crippen LogP contribution in [0.15, 0.2) is 16.6 Å². The normalized spacial score (nSPS) is 15.1. The van der Waals surface area contributed by atoms with E-state index in [9.17, 15) is 8.78 Å². The highest BCUT2D eigenvalue weighted by molar-refractivity contribution is 14.1. The molecule has 2 nitrogen and oxygen atoms in total. The van der Waals surface area contributed by atoms with Crippen molar-refractivity contribution in [1.29, 1.82) is 0 Å². The van der Waals surface area contributed by atoms with Gasteiger partial charge in [0.05, 0.1) is 10.2 Å². The highest BCUT2D eigenvalue weighted by Gasteiger charge is 2.24. The first-order chi connectivity index (χ1) is 8.08. The van der Waals surface area contributed by atoms with E-state index in [4.69, 9.17) is 4.74 Å². The Morgan fingerprint density at radius 1 is 1.41 bits per heavy atom. The SMILES string of the molecule is FC(F)Oc1ccc(Br)c(I)c1OCC1CC1. The van der Waals surface area contributed by atoms with Crippen molar-refractivity contribution in [3.63, 3.8) is 0 Å². The third-order valence-corrected chi connectivity index (χ3v) is 4.86. The van der Waals surface area contributed by atoms with Gasteiger partial charge in [-0.25, -0.2) is 0 Å². The van der Waals surface area contributed by atoms with Crippen LogP contribution in [0.5, 0.6) is 11.5 Å². The van der Waals surface area contributed by atoms with E-state index in [0.717, 1.165) is 20.9 Å². The lowest BCUT2D eigenvalue weighted by Crippen LogP contribution is -2.07. The summed E-state index contributed by atoms with van der Waals surface area (Å²) < 4.78 is 36.1. The summed E-state index contributed by atoms with van der Waals surface area (Å²) in [6.45, 7) is -2.28. The predicted octanol–water partition coefficient (Wildman–Crippen LogP) is 4.44. The fourth-order valence-electron chi connectivity index (χ4n) is 1.32. The molecule has 1 saturated carbocycles. The van der Waals surface area contributed by atoms with Crippen LogP contribution in [0, 0.1) is 9.49 Å². The van der Waals surface area contributed by atoms with Crippen molar-refractivity contribution in [1.82, 2.24) is 0 Å². The Bertz CT molecular complexity index is 411. The minimum absolute atomic E-state index is 0.0910. The zero-order valence-electron chi connectivity index (χ0n) is 8.76. The fourth-order valence-corrected chi connectivity index (χ4v) is 2.24. The maximum atomic E-state index is 12.3. The van der Waals surface area contributed by atoms with Crippen LogP contribution in [-0.4, -0.2) is 13.2 Å². The lowest BCUT2D eigenvalue weighted by molar-refractivity contribution is -0.0516. The van der Waals surface area contributed by atoms with Crippen molar-refractivity contribution in [2.45, 2.75) is 19.5 Å². The highest BCUT2D eigenvalue weighted by atomic mass is 127. The molecule has 0 saturated heterocycles. The monoisotopic (exact) mass is 418 g/mol. The maximum absolute atomic E-state index is 12.3. The molecule has 1 aliphatic rings. The molecule has 0 unspecified atom stereocenters. The van der Waals surface area contributed by atoms with Crippen LogP contribution in [-0.2, 0) is 0 Å². The first kappa shape index (κ1) is 13.3. The first-order valence-corrected chi connectivity index (χ1v) is 7.00. The Morgan fingerprint density at radius 2 is 2.12 bits per heavy atom. The molecule has 0 atom stereocenters. The molecule has 0 spiro atoms. The lowest BCUT2D eigenvalue weighted by atomic mass is 10.3. The number of alkyl halides is 2. The number of halogens is 4. The van der Waals surface area contributed by atoms with Gasteiger partial charge in [-0.05, 0) is 69.4 Å². The van der Waals surface area contributed by atoms with Crippen LogP contribution >= 0.6 is 38.5 Å². The predicted molar refractivity (Wildman–Crippen MR) is 71.7 cm³/mol. The second-order valence-corrected chi connectivity index (χ2v) is 5.75. The molecule has 0 N–H and O–H groups in total. The van der Waals surface area contributed by atoms with Crippen molar-refractivity contribution in [2.24, 2.45) is 5.92 Å². The van der Waals surface area contributed by atoms with E-state index >= 15 is 0 Å². The molecule has 0 amide bonds. The van der Waals surface area contributed by atoms with Crippen molar-refractivity contribution in [3.05, 3.63) is 20.2 Å². The van der Waals surface area contributed by atoms with Gasteiger partial charge < -0.3 is 9.47 Å². The second kappa shape index (κ2) is 5.69. The second-order valence-electron chi connectivity index (χ2n) is 3.82. The van der Waals surface area contributed by atoms with Gasteiger partial charge in [-0.3, -0.25) is 0 Å². The Balaban J connectivity index is 2.19. The van der Waals surface area contributed by atoms with Crippen molar-refractivity contribution in [2.75, 3.05) is 6.61 Å². The molecule has 2 rings (SSSR count). The molecule has 0 bridgehead atoms. The van der Waals surface area contributed by atoms with E-state index in [2.05, 4.69) is 20.7 Å². The van der Waals surface area contributed by atoms with Crippen molar-refractivity contribution >= 4 is 38.5 Å². The van der Waals surface area contributed by atoms with Gasteiger partial charge in [-0.2, -0.15) is 8.78 Å². The van der Waals surface area contributed by atoms with Gasteiger partial charge in [0, 0.05) is 4.47 Å². The minimum atomic E-state index is -2.84. The Labute approximate surface area is 120 Å². The molecule has 0 heterocycles. The molecule has 6 heteroatoms. The molecular formula is C11H10BrF2IO2. The summed E-state index contributed by atoms with van der Waals surface area (Å²) in [5.74, 6) is 1.05. The van der Waals surface area contributed by atoms with E-state index in [0.29, 0.717) is 18.3 Å². The molecule has 17 heavy (non-hydrogen) atoms. The summed E-state index contributed by atoms with van der Waals surface area (Å²) in [4.78, 5) is 0. The van der Waals surface area contributed by atoms with E-state index in [1.165, 1.54) is 6.07 Å². The van der Waals surface area contributed by atoms with Gasteiger partial charge in [-0.15, -0.1) is 0 Å². The smallest absolute Gasteiger partial charge is 0.387 e. The van der Waals surface area contributed by atoms with Crippen LogP contribution in [0.2, 0.25) is 0 Å². The van der Waals surface area contributed by atoms with E-state index in [1.807, 2.05) is 22.6 Å². The number of hydrogen-bond donors (Lipinski definition) is 0. The van der Waals surface area contributed by atoms with Crippen molar-refractivity contribution < 1.29 is 18.3 Å². The zero-order chi connectivity index (χ0) is 12.4. The molecule has 0 radical (unpaired) electrons.